The van der Waals surface area contributed by atoms with Crippen molar-refractivity contribution in [2.24, 2.45) is 0 Å². The van der Waals surface area contributed by atoms with E-state index in [-0.39, 0.29) is 11.6 Å². The minimum absolute atomic E-state index is 0.0636. The molecule has 2 amide bonds. The van der Waals surface area contributed by atoms with Crippen molar-refractivity contribution in [2.75, 3.05) is 46.8 Å². The lowest BCUT2D eigenvalue weighted by Gasteiger charge is -2.33. The highest BCUT2D eigenvalue weighted by Gasteiger charge is 2.21. The van der Waals surface area contributed by atoms with Gasteiger partial charge in [-0.15, -0.1) is 0 Å². The fourth-order valence-electron chi connectivity index (χ4n) is 1.49. The van der Waals surface area contributed by atoms with E-state index < -0.39 is 0 Å². The molecular formula is C11H24N4O. The number of nitrogens with one attached hydrogen (secondary N) is 2. The lowest BCUT2D eigenvalue weighted by molar-refractivity contribution is 0.187. The Bertz CT molecular complexity index is 240. The summed E-state index contributed by atoms with van der Waals surface area (Å²) in [5.41, 5.74) is 0.146. The van der Waals surface area contributed by atoms with Gasteiger partial charge in [-0.3, -0.25) is 0 Å². The van der Waals surface area contributed by atoms with Crippen LogP contribution in [0.1, 0.15) is 13.8 Å². The van der Waals surface area contributed by atoms with E-state index in [4.69, 9.17) is 0 Å². The van der Waals surface area contributed by atoms with Crippen molar-refractivity contribution < 1.29 is 4.79 Å². The largest absolute Gasteiger partial charge is 0.336 e. The van der Waals surface area contributed by atoms with Crippen LogP contribution in [0.3, 0.4) is 0 Å². The fraction of sp³-hybridized carbons (Fsp3) is 0.909. The van der Waals surface area contributed by atoms with E-state index in [1.807, 2.05) is 4.90 Å². The Morgan fingerprint density at radius 1 is 1.50 bits per heavy atom. The van der Waals surface area contributed by atoms with E-state index in [1.165, 1.54) is 0 Å². The van der Waals surface area contributed by atoms with Gasteiger partial charge in [-0.05, 0) is 27.9 Å². The molecule has 94 valence electrons. The molecule has 5 nitrogen and oxygen atoms in total. The van der Waals surface area contributed by atoms with Gasteiger partial charge in [-0.2, -0.15) is 0 Å². The number of carbonyl (C=O) groups excluding carboxylic acids is 1. The van der Waals surface area contributed by atoms with Gasteiger partial charge in [0.05, 0.1) is 0 Å². The molecular weight excluding hydrogens is 204 g/mol. The molecule has 0 aromatic rings. The molecule has 0 aliphatic carbocycles. The van der Waals surface area contributed by atoms with Gasteiger partial charge in [-0.25, -0.2) is 4.79 Å². The first-order valence-electron chi connectivity index (χ1n) is 5.84. The molecule has 2 N–H and O–H groups in total. The first kappa shape index (κ1) is 13.3. The molecule has 5 heteroatoms. The Labute approximate surface area is 98.2 Å². The second kappa shape index (κ2) is 5.50. The minimum atomic E-state index is 0.0636. The first-order valence-corrected chi connectivity index (χ1v) is 5.84. The maximum absolute atomic E-state index is 11.3. The van der Waals surface area contributed by atoms with Gasteiger partial charge < -0.3 is 20.4 Å². The highest BCUT2D eigenvalue weighted by molar-refractivity contribution is 5.76. The number of hydrogen-bond donors (Lipinski definition) is 2. The van der Waals surface area contributed by atoms with Crippen molar-refractivity contribution in [3.8, 4) is 0 Å². The molecule has 0 radical (unpaired) electrons. The Hall–Kier alpha value is -0.810. The van der Waals surface area contributed by atoms with Crippen molar-refractivity contribution in [3.05, 3.63) is 0 Å². The van der Waals surface area contributed by atoms with Crippen LogP contribution in [-0.4, -0.2) is 68.2 Å². The molecule has 0 aromatic heterocycles. The summed E-state index contributed by atoms with van der Waals surface area (Å²) in [6.45, 7) is 8.57. The normalized spacial score (nSPS) is 17.1. The molecule has 0 bridgehead atoms. The SMILES string of the molecule is CN(C)C(C)(C)CNCCN1CCNC1=O. The lowest BCUT2D eigenvalue weighted by atomic mass is 10.0. The third-order valence-electron chi connectivity index (χ3n) is 3.27. The number of amides is 2. The standard InChI is InChI=1S/C11H24N4O/c1-11(2,14(3)4)9-12-5-7-15-8-6-13-10(15)16/h12H,5-9H2,1-4H3,(H,13,16). The monoisotopic (exact) mass is 228 g/mol. The Kier molecular flexibility index (Phi) is 4.56. The molecule has 1 saturated heterocycles. The van der Waals surface area contributed by atoms with Crippen molar-refractivity contribution in [1.29, 1.82) is 0 Å². The topological polar surface area (TPSA) is 47.6 Å². The predicted molar refractivity (Wildman–Crippen MR) is 65.6 cm³/mol. The quantitative estimate of drug-likeness (QED) is 0.626. The third-order valence-corrected chi connectivity index (χ3v) is 3.27. The van der Waals surface area contributed by atoms with Gasteiger partial charge in [0.2, 0.25) is 0 Å². The molecule has 0 saturated carbocycles. The minimum Gasteiger partial charge on any atom is -0.336 e. The Morgan fingerprint density at radius 3 is 2.69 bits per heavy atom. The maximum Gasteiger partial charge on any atom is 0.317 e. The molecule has 1 aliphatic rings. The summed E-state index contributed by atoms with van der Waals surface area (Å²) < 4.78 is 0. The second-order valence-corrected chi connectivity index (χ2v) is 5.10. The number of nitrogens with zero attached hydrogens (tertiary/aromatic N) is 2. The molecule has 0 aromatic carbocycles. The molecule has 1 heterocycles. The van der Waals surface area contributed by atoms with Crippen LogP contribution in [0.4, 0.5) is 4.79 Å². The van der Waals surface area contributed by atoms with Crippen molar-refractivity contribution in [3.63, 3.8) is 0 Å². The van der Waals surface area contributed by atoms with Crippen LogP contribution >= 0.6 is 0 Å². The Balaban J connectivity index is 2.14. The van der Waals surface area contributed by atoms with Crippen LogP contribution in [0.25, 0.3) is 0 Å². The lowest BCUT2D eigenvalue weighted by Crippen LogP contribution is -2.48. The summed E-state index contributed by atoms with van der Waals surface area (Å²) in [6, 6.07) is 0.0636. The van der Waals surface area contributed by atoms with Crippen LogP contribution < -0.4 is 10.6 Å². The van der Waals surface area contributed by atoms with Gasteiger partial charge in [-0.1, -0.05) is 0 Å². The third kappa shape index (κ3) is 3.64. The van der Waals surface area contributed by atoms with E-state index in [0.29, 0.717) is 0 Å². The number of urea groups is 1. The number of carbonyl (C=O) groups is 1. The highest BCUT2D eigenvalue weighted by atomic mass is 16.2. The zero-order valence-corrected chi connectivity index (χ0v) is 10.8. The molecule has 0 unspecified atom stereocenters. The fourth-order valence-corrected chi connectivity index (χ4v) is 1.49. The number of rotatable bonds is 6. The van der Waals surface area contributed by atoms with Gasteiger partial charge in [0.15, 0.2) is 0 Å². The van der Waals surface area contributed by atoms with Gasteiger partial charge in [0.25, 0.3) is 0 Å². The predicted octanol–water partition coefficient (Wildman–Crippen LogP) is -0.0586. The summed E-state index contributed by atoms with van der Waals surface area (Å²) in [4.78, 5) is 15.3. The van der Waals surface area contributed by atoms with E-state index in [1.54, 1.807) is 0 Å². The summed E-state index contributed by atoms with van der Waals surface area (Å²) in [5.74, 6) is 0. The average molecular weight is 228 g/mol. The van der Waals surface area contributed by atoms with Crippen molar-refractivity contribution in [1.82, 2.24) is 20.4 Å². The van der Waals surface area contributed by atoms with Gasteiger partial charge in [0, 0.05) is 38.3 Å². The number of hydrogen-bond acceptors (Lipinski definition) is 3. The van der Waals surface area contributed by atoms with Gasteiger partial charge >= 0.3 is 6.03 Å². The van der Waals surface area contributed by atoms with Crippen LogP contribution in [0.5, 0.6) is 0 Å². The van der Waals surface area contributed by atoms with Crippen molar-refractivity contribution in [2.45, 2.75) is 19.4 Å². The molecule has 1 rings (SSSR count). The molecule has 0 spiro atoms. The molecule has 1 fully saturated rings. The van der Waals surface area contributed by atoms with Gasteiger partial charge in [0.1, 0.15) is 0 Å². The summed E-state index contributed by atoms with van der Waals surface area (Å²) in [5, 5.41) is 6.19. The van der Waals surface area contributed by atoms with E-state index in [0.717, 1.165) is 32.7 Å². The summed E-state index contributed by atoms with van der Waals surface area (Å²) >= 11 is 0. The van der Waals surface area contributed by atoms with Crippen LogP contribution in [0.2, 0.25) is 0 Å². The van der Waals surface area contributed by atoms with E-state index in [9.17, 15) is 4.79 Å². The van der Waals surface area contributed by atoms with Crippen LogP contribution in [0.15, 0.2) is 0 Å². The molecule has 16 heavy (non-hydrogen) atoms. The van der Waals surface area contributed by atoms with Crippen molar-refractivity contribution >= 4 is 6.03 Å². The highest BCUT2D eigenvalue weighted by Crippen LogP contribution is 2.07. The number of likely N-dealkylation sites (N-methyl/N-ethyl adjacent to an activating group) is 1. The zero-order valence-electron chi connectivity index (χ0n) is 10.8. The zero-order chi connectivity index (χ0) is 12.2. The molecule has 0 atom stereocenters. The average Bonchev–Trinajstić information content (AvgIpc) is 2.59. The smallest absolute Gasteiger partial charge is 0.317 e. The van der Waals surface area contributed by atoms with E-state index in [2.05, 4.69) is 43.5 Å². The van der Waals surface area contributed by atoms with E-state index >= 15 is 0 Å². The summed E-state index contributed by atoms with van der Waals surface area (Å²) in [7, 11) is 4.16. The van der Waals surface area contributed by atoms with Crippen LogP contribution in [0, 0.1) is 0 Å². The second-order valence-electron chi connectivity index (χ2n) is 5.10. The Morgan fingerprint density at radius 2 is 2.19 bits per heavy atom. The summed E-state index contributed by atoms with van der Waals surface area (Å²) in [6.07, 6.45) is 0. The first-order chi connectivity index (χ1) is 7.43. The maximum atomic E-state index is 11.3. The molecule has 1 aliphatic heterocycles. The van der Waals surface area contributed by atoms with Crippen LogP contribution in [-0.2, 0) is 0 Å².